The molecular formula is C25H32N6O2. The summed E-state index contributed by atoms with van der Waals surface area (Å²) < 4.78 is 7.64. The number of benzene rings is 1. The van der Waals surface area contributed by atoms with Gasteiger partial charge in [-0.3, -0.25) is 14.4 Å². The maximum Gasteiger partial charge on any atom is 0.252 e. The highest BCUT2D eigenvalue weighted by Crippen LogP contribution is 2.31. The van der Waals surface area contributed by atoms with E-state index in [0.717, 1.165) is 60.9 Å². The van der Waals surface area contributed by atoms with Crippen LogP contribution in [0.25, 0.3) is 0 Å². The third-order valence-corrected chi connectivity index (χ3v) is 6.33. The summed E-state index contributed by atoms with van der Waals surface area (Å²) in [7, 11) is 1.70. The average molecular weight is 449 g/mol. The largest absolute Gasteiger partial charge is 0.496 e. The molecule has 3 aromatic rings. The molecule has 0 unspecified atom stereocenters. The summed E-state index contributed by atoms with van der Waals surface area (Å²) in [6.45, 7) is 8.32. The fourth-order valence-corrected chi connectivity index (χ4v) is 4.64. The van der Waals surface area contributed by atoms with Crippen LogP contribution in [0.5, 0.6) is 5.75 Å². The van der Waals surface area contributed by atoms with E-state index in [2.05, 4.69) is 45.1 Å². The van der Waals surface area contributed by atoms with Gasteiger partial charge in [0.05, 0.1) is 36.6 Å². The number of nitrogens with two attached hydrogens (primary N) is 1. The first-order chi connectivity index (χ1) is 15.9. The molecular weight excluding hydrogens is 416 g/mol. The Morgan fingerprint density at radius 2 is 2.00 bits per heavy atom. The normalized spacial score (nSPS) is 16.7. The lowest BCUT2D eigenvalue weighted by atomic mass is 9.99. The number of aryl methyl sites for hydroxylation is 3. The van der Waals surface area contributed by atoms with Gasteiger partial charge in [0.25, 0.3) is 5.91 Å². The Labute approximate surface area is 194 Å². The predicted octanol–water partition coefficient (Wildman–Crippen LogP) is 3.48. The Morgan fingerprint density at radius 1 is 1.18 bits per heavy atom. The zero-order chi connectivity index (χ0) is 23.5. The van der Waals surface area contributed by atoms with Crippen LogP contribution >= 0.6 is 0 Å². The lowest BCUT2D eigenvalue weighted by Gasteiger charge is -2.35. The zero-order valence-electron chi connectivity index (χ0n) is 19.8. The summed E-state index contributed by atoms with van der Waals surface area (Å²) in [5, 5.41) is 4.61. The van der Waals surface area contributed by atoms with Crippen LogP contribution in [0.2, 0.25) is 0 Å². The minimum atomic E-state index is -0.493. The van der Waals surface area contributed by atoms with E-state index in [0.29, 0.717) is 17.8 Å². The van der Waals surface area contributed by atoms with Crippen molar-refractivity contribution in [2.24, 2.45) is 5.73 Å². The second-order valence-corrected chi connectivity index (χ2v) is 8.80. The zero-order valence-corrected chi connectivity index (χ0v) is 19.8. The highest BCUT2D eigenvalue weighted by molar-refractivity contribution is 5.93. The molecule has 1 fully saturated rings. The van der Waals surface area contributed by atoms with Crippen LogP contribution in [0.4, 0.5) is 0 Å². The Kier molecular flexibility index (Phi) is 6.74. The van der Waals surface area contributed by atoms with Crippen LogP contribution in [0.3, 0.4) is 0 Å². The van der Waals surface area contributed by atoms with E-state index in [9.17, 15) is 4.79 Å². The fraction of sp³-hybridized carbons (Fsp3) is 0.440. The molecule has 1 amide bonds. The maximum absolute atomic E-state index is 11.6. The number of piperidine rings is 1. The standard InChI is InChI=1S/C25H32N6O2/c1-16-11-17(2)31(29-16)15-20-12-19(8-9-23(20)33-4)14-30-10-6-5-7-22(30)25-27-13-21(24(26)32)18(3)28-25/h8-9,11-13,22H,5-7,10,14-15H2,1-4H3,(H2,26,32)/t22-/m1/s1. The highest BCUT2D eigenvalue weighted by atomic mass is 16.5. The van der Waals surface area contributed by atoms with Crippen LogP contribution < -0.4 is 10.5 Å². The Morgan fingerprint density at radius 3 is 2.67 bits per heavy atom. The first-order valence-corrected chi connectivity index (χ1v) is 11.4. The third-order valence-electron chi connectivity index (χ3n) is 6.33. The van der Waals surface area contributed by atoms with E-state index in [1.54, 1.807) is 13.3 Å². The predicted molar refractivity (Wildman–Crippen MR) is 126 cm³/mol. The van der Waals surface area contributed by atoms with Crippen LogP contribution in [0.1, 0.15) is 69.7 Å². The molecule has 0 spiro atoms. The van der Waals surface area contributed by atoms with Crippen molar-refractivity contribution in [2.75, 3.05) is 13.7 Å². The number of likely N-dealkylation sites (tertiary alicyclic amines) is 1. The number of nitrogens with zero attached hydrogens (tertiary/aromatic N) is 5. The molecule has 33 heavy (non-hydrogen) atoms. The van der Waals surface area contributed by atoms with Gasteiger partial charge < -0.3 is 10.5 Å². The third kappa shape index (κ3) is 5.06. The number of hydrogen-bond donors (Lipinski definition) is 1. The quantitative estimate of drug-likeness (QED) is 0.594. The van der Waals surface area contributed by atoms with Gasteiger partial charge in [-0.1, -0.05) is 12.5 Å². The summed E-state index contributed by atoms with van der Waals surface area (Å²) in [4.78, 5) is 23.1. The number of amides is 1. The smallest absolute Gasteiger partial charge is 0.252 e. The molecule has 2 aromatic heterocycles. The van der Waals surface area contributed by atoms with Crippen LogP contribution in [-0.2, 0) is 13.1 Å². The van der Waals surface area contributed by atoms with Gasteiger partial charge in [-0.15, -0.1) is 0 Å². The second-order valence-electron chi connectivity index (χ2n) is 8.80. The van der Waals surface area contributed by atoms with E-state index in [1.807, 2.05) is 24.6 Å². The minimum absolute atomic E-state index is 0.112. The molecule has 1 aromatic carbocycles. The number of aromatic nitrogens is 4. The topological polar surface area (TPSA) is 99.2 Å². The van der Waals surface area contributed by atoms with Gasteiger partial charge in [0, 0.05) is 24.0 Å². The van der Waals surface area contributed by atoms with Gasteiger partial charge in [0.1, 0.15) is 11.6 Å². The Bertz CT molecular complexity index is 1160. The Hall–Kier alpha value is -3.26. The van der Waals surface area contributed by atoms with Crippen molar-refractivity contribution in [3.63, 3.8) is 0 Å². The number of hydrogen-bond acceptors (Lipinski definition) is 6. The van der Waals surface area contributed by atoms with Gasteiger partial charge in [0.15, 0.2) is 0 Å². The van der Waals surface area contributed by atoms with Gasteiger partial charge in [-0.25, -0.2) is 9.97 Å². The van der Waals surface area contributed by atoms with E-state index in [1.165, 1.54) is 5.56 Å². The van der Waals surface area contributed by atoms with Crippen molar-refractivity contribution in [1.82, 2.24) is 24.6 Å². The number of ether oxygens (including phenoxy) is 1. The van der Waals surface area contributed by atoms with Gasteiger partial charge in [-0.05, 0) is 63.9 Å². The van der Waals surface area contributed by atoms with Crippen molar-refractivity contribution < 1.29 is 9.53 Å². The molecule has 8 nitrogen and oxygen atoms in total. The monoisotopic (exact) mass is 448 g/mol. The van der Waals surface area contributed by atoms with E-state index >= 15 is 0 Å². The minimum Gasteiger partial charge on any atom is -0.496 e. The molecule has 1 saturated heterocycles. The summed E-state index contributed by atoms with van der Waals surface area (Å²) in [6, 6.07) is 8.57. The van der Waals surface area contributed by atoms with E-state index in [4.69, 9.17) is 10.5 Å². The van der Waals surface area contributed by atoms with Crippen molar-refractivity contribution >= 4 is 5.91 Å². The Balaban J connectivity index is 1.58. The number of carbonyl (C=O) groups is 1. The molecule has 1 aliphatic heterocycles. The van der Waals surface area contributed by atoms with Crippen LogP contribution in [-0.4, -0.2) is 44.2 Å². The second kappa shape index (κ2) is 9.70. The van der Waals surface area contributed by atoms with Crippen molar-refractivity contribution in [3.05, 3.63) is 70.1 Å². The molecule has 2 N–H and O–H groups in total. The average Bonchev–Trinajstić information content (AvgIpc) is 3.10. The molecule has 1 aliphatic rings. The molecule has 0 aliphatic carbocycles. The van der Waals surface area contributed by atoms with Gasteiger partial charge >= 0.3 is 0 Å². The molecule has 0 bridgehead atoms. The molecule has 0 radical (unpaired) electrons. The highest BCUT2D eigenvalue weighted by Gasteiger charge is 2.27. The lowest BCUT2D eigenvalue weighted by Crippen LogP contribution is -2.34. The SMILES string of the molecule is COc1ccc(CN2CCCC[C@@H]2c2ncc(C(N)=O)c(C)n2)cc1Cn1nc(C)cc1C. The lowest BCUT2D eigenvalue weighted by molar-refractivity contribution is 0.0998. The first-order valence-electron chi connectivity index (χ1n) is 11.4. The number of rotatable bonds is 7. The number of primary amides is 1. The summed E-state index contributed by atoms with van der Waals surface area (Å²) in [5.74, 6) is 1.13. The molecule has 3 heterocycles. The molecule has 0 saturated carbocycles. The number of carbonyl (C=O) groups excluding carboxylic acids is 1. The van der Waals surface area contributed by atoms with Crippen molar-refractivity contribution in [2.45, 2.75) is 59.2 Å². The molecule has 174 valence electrons. The van der Waals surface area contributed by atoms with E-state index < -0.39 is 5.91 Å². The van der Waals surface area contributed by atoms with E-state index in [-0.39, 0.29) is 6.04 Å². The van der Waals surface area contributed by atoms with Crippen LogP contribution in [0, 0.1) is 20.8 Å². The summed E-state index contributed by atoms with van der Waals surface area (Å²) in [5.41, 5.74) is 10.9. The molecule has 1 atom stereocenters. The molecule has 4 rings (SSSR count). The van der Waals surface area contributed by atoms with Crippen molar-refractivity contribution in [1.29, 1.82) is 0 Å². The van der Waals surface area contributed by atoms with Gasteiger partial charge in [-0.2, -0.15) is 5.10 Å². The number of methoxy groups -OCH3 is 1. The summed E-state index contributed by atoms with van der Waals surface area (Å²) in [6.07, 6.45) is 4.83. The van der Waals surface area contributed by atoms with Crippen molar-refractivity contribution in [3.8, 4) is 5.75 Å². The fourth-order valence-electron chi connectivity index (χ4n) is 4.64. The van der Waals surface area contributed by atoms with Crippen LogP contribution in [0.15, 0.2) is 30.5 Å². The van der Waals surface area contributed by atoms with Gasteiger partial charge in [0.2, 0.25) is 0 Å². The maximum atomic E-state index is 11.6. The molecule has 8 heteroatoms. The summed E-state index contributed by atoms with van der Waals surface area (Å²) >= 11 is 0. The first kappa shape index (κ1) is 22.9.